The molecule has 1 fully saturated rings. The van der Waals surface area contributed by atoms with Crippen molar-refractivity contribution < 1.29 is 9.90 Å². The zero-order valence-corrected chi connectivity index (χ0v) is 19.2. The summed E-state index contributed by atoms with van der Waals surface area (Å²) < 4.78 is 3.01. The van der Waals surface area contributed by atoms with Crippen LogP contribution in [-0.2, 0) is 13.1 Å². The van der Waals surface area contributed by atoms with E-state index in [9.17, 15) is 14.9 Å². The summed E-state index contributed by atoms with van der Waals surface area (Å²) in [6, 6.07) is 8.86. The second-order valence-corrected chi connectivity index (χ2v) is 8.21. The van der Waals surface area contributed by atoms with Gasteiger partial charge in [0.1, 0.15) is 0 Å². The maximum atomic E-state index is 13.6. The molecule has 0 aliphatic carbocycles. The maximum absolute atomic E-state index is 13.6. The summed E-state index contributed by atoms with van der Waals surface area (Å²) in [4.78, 5) is 35.6. The van der Waals surface area contributed by atoms with E-state index in [0.717, 1.165) is 6.42 Å². The molecule has 1 saturated heterocycles. The lowest BCUT2D eigenvalue weighted by atomic mass is 10.1. The molecule has 0 spiro atoms. The Morgan fingerprint density at radius 1 is 1.32 bits per heavy atom. The van der Waals surface area contributed by atoms with Crippen molar-refractivity contribution in [2.75, 3.05) is 18.0 Å². The number of halogens is 1. The highest BCUT2D eigenvalue weighted by molar-refractivity contribution is 6.28. The topological polar surface area (TPSA) is 129 Å². The Balaban J connectivity index is 1.82. The summed E-state index contributed by atoms with van der Waals surface area (Å²) in [5.41, 5.74) is 1.15. The van der Waals surface area contributed by atoms with Crippen molar-refractivity contribution in [3.8, 4) is 17.9 Å². The molecule has 34 heavy (non-hydrogen) atoms. The quantitative estimate of drug-likeness (QED) is 0.424. The molecule has 11 heteroatoms. The van der Waals surface area contributed by atoms with Crippen LogP contribution in [0.3, 0.4) is 0 Å². The van der Waals surface area contributed by atoms with E-state index in [2.05, 4.69) is 33.2 Å². The first-order valence-corrected chi connectivity index (χ1v) is 11.1. The lowest BCUT2D eigenvalue weighted by molar-refractivity contribution is 0.188. The van der Waals surface area contributed by atoms with Gasteiger partial charge in [0.15, 0.2) is 11.2 Å². The number of imidazole rings is 1. The number of carbonyl (C=O) groups is 1. The molecule has 3 aromatic rings. The first-order chi connectivity index (χ1) is 16.4. The van der Waals surface area contributed by atoms with Gasteiger partial charge in [0.2, 0.25) is 11.2 Å². The van der Waals surface area contributed by atoms with Crippen LogP contribution in [0.1, 0.15) is 30.9 Å². The standard InChI is InChI=1S/C23H22ClN7O3/c1-2-3-11-30-18-19(28-22(30)29-10-6-9-17(14-29)26-23(33)34)27-21(24)31(20(18)32)13-16-8-5-4-7-15(16)12-25/h4-5,7-8,17,26H,6,9-11,13-14H2,1H3,(H,33,34). The van der Waals surface area contributed by atoms with Crippen molar-refractivity contribution >= 4 is 34.8 Å². The van der Waals surface area contributed by atoms with Crippen LogP contribution in [0, 0.1) is 23.2 Å². The highest BCUT2D eigenvalue weighted by atomic mass is 35.5. The Kier molecular flexibility index (Phi) is 6.71. The van der Waals surface area contributed by atoms with Gasteiger partial charge < -0.3 is 15.3 Å². The molecule has 174 valence electrons. The summed E-state index contributed by atoms with van der Waals surface area (Å²) >= 11 is 6.39. The summed E-state index contributed by atoms with van der Waals surface area (Å²) in [6.45, 7) is 3.06. The van der Waals surface area contributed by atoms with Gasteiger partial charge in [0.25, 0.3) is 5.56 Å². The molecule has 1 aliphatic heterocycles. The largest absolute Gasteiger partial charge is 0.465 e. The van der Waals surface area contributed by atoms with E-state index < -0.39 is 11.7 Å². The third-order valence-corrected chi connectivity index (χ3v) is 6.00. The Hall–Kier alpha value is -4.02. The third-order valence-electron chi connectivity index (χ3n) is 5.71. The second-order valence-electron chi connectivity index (χ2n) is 7.87. The van der Waals surface area contributed by atoms with Crippen LogP contribution in [0.5, 0.6) is 0 Å². The van der Waals surface area contributed by atoms with Crippen molar-refractivity contribution in [3.05, 3.63) is 51.0 Å². The minimum absolute atomic E-state index is 0.0351. The van der Waals surface area contributed by atoms with Crippen LogP contribution < -0.4 is 15.8 Å². The Morgan fingerprint density at radius 2 is 2.12 bits per heavy atom. The molecule has 4 rings (SSSR count). The van der Waals surface area contributed by atoms with E-state index >= 15 is 0 Å². The summed E-state index contributed by atoms with van der Waals surface area (Å²) in [5.74, 6) is 6.31. The first kappa shape index (κ1) is 23.1. The summed E-state index contributed by atoms with van der Waals surface area (Å²) in [6.07, 6.45) is 0.399. The van der Waals surface area contributed by atoms with E-state index in [4.69, 9.17) is 16.7 Å². The molecule has 1 atom stereocenters. The summed E-state index contributed by atoms with van der Waals surface area (Å²) in [7, 11) is 0. The fourth-order valence-corrected chi connectivity index (χ4v) is 4.37. The number of nitriles is 1. The number of aromatic nitrogens is 4. The SMILES string of the molecule is CC#CCn1c(N2CCCC(NC(=O)O)C2)nc2nc(Cl)n(Cc3ccccc3C#N)c(=O)c21. The van der Waals surface area contributed by atoms with Crippen molar-refractivity contribution in [2.45, 2.75) is 38.9 Å². The molecule has 1 amide bonds. The first-order valence-electron chi connectivity index (χ1n) is 10.7. The van der Waals surface area contributed by atoms with Gasteiger partial charge in [0, 0.05) is 19.1 Å². The number of amides is 1. The van der Waals surface area contributed by atoms with Crippen LogP contribution in [0.2, 0.25) is 5.28 Å². The molecular weight excluding hydrogens is 458 g/mol. The van der Waals surface area contributed by atoms with E-state index in [0.29, 0.717) is 36.6 Å². The van der Waals surface area contributed by atoms with Crippen LogP contribution in [0.25, 0.3) is 11.2 Å². The van der Waals surface area contributed by atoms with Gasteiger partial charge >= 0.3 is 6.09 Å². The third kappa shape index (κ3) is 4.54. The average molecular weight is 480 g/mol. The van der Waals surface area contributed by atoms with Gasteiger partial charge in [-0.05, 0) is 43.0 Å². The molecule has 0 saturated carbocycles. The van der Waals surface area contributed by atoms with Gasteiger partial charge in [-0.25, -0.2) is 4.79 Å². The average Bonchev–Trinajstić information content (AvgIpc) is 3.18. The highest BCUT2D eigenvalue weighted by Gasteiger charge is 2.27. The van der Waals surface area contributed by atoms with E-state index in [1.165, 1.54) is 4.57 Å². The monoisotopic (exact) mass is 479 g/mol. The normalized spacial score (nSPS) is 15.4. The zero-order chi connectivity index (χ0) is 24.2. The predicted molar refractivity (Wildman–Crippen MR) is 127 cm³/mol. The number of carboxylic acid groups (broad SMARTS) is 1. The van der Waals surface area contributed by atoms with Crippen LogP contribution in [0.15, 0.2) is 29.1 Å². The number of rotatable bonds is 5. The van der Waals surface area contributed by atoms with Crippen molar-refractivity contribution in [1.82, 2.24) is 24.4 Å². The van der Waals surface area contributed by atoms with Crippen LogP contribution >= 0.6 is 11.6 Å². The number of hydrogen-bond acceptors (Lipinski definition) is 6. The van der Waals surface area contributed by atoms with E-state index in [1.54, 1.807) is 35.8 Å². The lowest BCUT2D eigenvalue weighted by Gasteiger charge is -2.33. The van der Waals surface area contributed by atoms with Gasteiger partial charge in [0.05, 0.1) is 24.7 Å². The maximum Gasteiger partial charge on any atom is 0.404 e. The molecule has 1 aliphatic rings. The molecule has 0 radical (unpaired) electrons. The van der Waals surface area contributed by atoms with Gasteiger partial charge in [-0.1, -0.05) is 24.1 Å². The predicted octanol–water partition coefficient (Wildman–Crippen LogP) is 2.43. The smallest absolute Gasteiger partial charge is 0.404 e. The van der Waals surface area contributed by atoms with E-state index in [-0.39, 0.29) is 35.6 Å². The molecule has 2 aromatic heterocycles. The highest BCUT2D eigenvalue weighted by Crippen LogP contribution is 2.24. The van der Waals surface area contributed by atoms with Gasteiger partial charge in [-0.3, -0.25) is 13.9 Å². The zero-order valence-electron chi connectivity index (χ0n) is 18.5. The van der Waals surface area contributed by atoms with Crippen molar-refractivity contribution in [3.63, 3.8) is 0 Å². The molecule has 10 nitrogen and oxygen atoms in total. The second kappa shape index (κ2) is 9.86. The number of benzene rings is 1. The van der Waals surface area contributed by atoms with Crippen molar-refractivity contribution in [2.24, 2.45) is 0 Å². The molecule has 1 unspecified atom stereocenters. The number of nitrogens with one attached hydrogen (secondary N) is 1. The number of piperidine rings is 1. The Morgan fingerprint density at radius 3 is 2.85 bits per heavy atom. The van der Waals surface area contributed by atoms with Crippen molar-refractivity contribution in [1.29, 1.82) is 5.26 Å². The number of fused-ring (bicyclic) bond motifs is 1. The fourth-order valence-electron chi connectivity index (χ4n) is 4.15. The van der Waals surface area contributed by atoms with E-state index in [1.807, 2.05) is 4.90 Å². The molecule has 3 heterocycles. The number of anilines is 1. The minimum atomic E-state index is -1.08. The molecule has 1 aromatic carbocycles. The molecule has 0 bridgehead atoms. The fraction of sp³-hybridized carbons (Fsp3) is 0.348. The molecular formula is C23H22ClN7O3. The lowest BCUT2D eigenvalue weighted by Crippen LogP contribution is -2.48. The molecule has 2 N–H and O–H groups in total. The van der Waals surface area contributed by atoms with Crippen LogP contribution in [-0.4, -0.2) is 49.4 Å². The Labute approximate surface area is 200 Å². The van der Waals surface area contributed by atoms with Crippen LogP contribution in [0.4, 0.5) is 10.7 Å². The number of hydrogen-bond donors (Lipinski definition) is 2. The Bertz CT molecular complexity index is 1410. The summed E-state index contributed by atoms with van der Waals surface area (Å²) in [5, 5.41) is 21.0. The number of nitrogens with zero attached hydrogens (tertiary/aromatic N) is 6. The van der Waals surface area contributed by atoms with Gasteiger partial charge in [-0.15, -0.1) is 5.92 Å². The minimum Gasteiger partial charge on any atom is -0.465 e. The van der Waals surface area contributed by atoms with Gasteiger partial charge in [-0.2, -0.15) is 15.2 Å².